The molecule has 1 heterocycles. The standard InChI is InChI=1S/C23H26O10/c1-25-13-10-14(26-2)18(28-4)16(17(13)27-3)12-9-11(24)15-19(29-5)21(30-6)23(32-8)22(31-7)20(15)33-12/h9-10H,1-8H3. The van der Waals surface area contributed by atoms with Gasteiger partial charge in [-0.2, -0.15) is 0 Å². The average molecular weight is 462 g/mol. The molecule has 0 spiro atoms. The van der Waals surface area contributed by atoms with Gasteiger partial charge in [0.05, 0.1) is 56.9 Å². The topological polar surface area (TPSA) is 104 Å². The van der Waals surface area contributed by atoms with Gasteiger partial charge in [0.25, 0.3) is 0 Å². The van der Waals surface area contributed by atoms with E-state index in [4.69, 9.17) is 42.3 Å². The SMILES string of the molecule is COc1cc(OC)c(OC)c(-c2cc(=O)c3c(OC)c(OC)c(OC)c(OC)c3o2)c1OC. The monoisotopic (exact) mass is 462 g/mol. The summed E-state index contributed by atoms with van der Waals surface area (Å²) in [6.07, 6.45) is 0. The number of methoxy groups -OCH3 is 8. The molecule has 10 nitrogen and oxygen atoms in total. The first kappa shape index (κ1) is 23.7. The van der Waals surface area contributed by atoms with Crippen molar-refractivity contribution in [3.8, 4) is 57.3 Å². The van der Waals surface area contributed by atoms with E-state index in [2.05, 4.69) is 0 Å². The lowest BCUT2D eigenvalue weighted by Gasteiger charge is -2.20. The molecule has 0 fully saturated rings. The Bertz CT molecular complexity index is 1200. The van der Waals surface area contributed by atoms with Crippen molar-refractivity contribution in [2.75, 3.05) is 56.9 Å². The molecule has 0 N–H and O–H groups in total. The highest BCUT2D eigenvalue weighted by atomic mass is 16.6. The van der Waals surface area contributed by atoms with Gasteiger partial charge in [-0.3, -0.25) is 4.79 Å². The van der Waals surface area contributed by atoms with Crippen molar-refractivity contribution in [1.29, 1.82) is 0 Å². The van der Waals surface area contributed by atoms with Crippen LogP contribution >= 0.6 is 0 Å². The van der Waals surface area contributed by atoms with Crippen molar-refractivity contribution < 1.29 is 42.3 Å². The molecule has 0 aliphatic rings. The van der Waals surface area contributed by atoms with Crippen molar-refractivity contribution in [3.05, 3.63) is 22.4 Å². The van der Waals surface area contributed by atoms with Crippen LogP contribution in [0.1, 0.15) is 0 Å². The van der Waals surface area contributed by atoms with Crippen LogP contribution in [0.4, 0.5) is 0 Å². The van der Waals surface area contributed by atoms with Crippen molar-refractivity contribution >= 4 is 11.0 Å². The molecule has 0 amide bonds. The summed E-state index contributed by atoms with van der Waals surface area (Å²) in [4.78, 5) is 13.4. The highest BCUT2D eigenvalue weighted by Crippen LogP contribution is 2.53. The first-order valence-corrected chi connectivity index (χ1v) is 9.67. The number of hydrogen-bond donors (Lipinski definition) is 0. The lowest BCUT2D eigenvalue weighted by Crippen LogP contribution is -2.08. The van der Waals surface area contributed by atoms with Crippen LogP contribution in [0.5, 0.6) is 46.0 Å². The third-order valence-electron chi connectivity index (χ3n) is 5.07. The van der Waals surface area contributed by atoms with E-state index in [0.29, 0.717) is 17.1 Å². The first-order chi connectivity index (χ1) is 15.9. The maximum Gasteiger partial charge on any atom is 0.211 e. The van der Waals surface area contributed by atoms with Crippen LogP contribution in [-0.4, -0.2) is 56.9 Å². The Morgan fingerprint density at radius 1 is 0.545 bits per heavy atom. The first-order valence-electron chi connectivity index (χ1n) is 9.67. The van der Waals surface area contributed by atoms with Crippen LogP contribution in [0.3, 0.4) is 0 Å². The summed E-state index contributed by atoms with van der Waals surface area (Å²) < 4.78 is 50.2. The number of hydrogen-bond acceptors (Lipinski definition) is 10. The van der Waals surface area contributed by atoms with Crippen LogP contribution in [-0.2, 0) is 0 Å². The zero-order chi connectivity index (χ0) is 24.3. The summed E-state index contributed by atoms with van der Waals surface area (Å²) in [7, 11) is 11.6. The highest BCUT2D eigenvalue weighted by molar-refractivity contribution is 5.96. The normalized spacial score (nSPS) is 10.5. The van der Waals surface area contributed by atoms with Gasteiger partial charge in [-0.05, 0) is 0 Å². The molecule has 178 valence electrons. The fraction of sp³-hybridized carbons (Fsp3) is 0.348. The Kier molecular flexibility index (Phi) is 6.95. The fourth-order valence-electron chi connectivity index (χ4n) is 3.70. The van der Waals surface area contributed by atoms with Crippen LogP contribution < -0.4 is 43.3 Å². The van der Waals surface area contributed by atoms with Gasteiger partial charge >= 0.3 is 0 Å². The van der Waals surface area contributed by atoms with Gasteiger partial charge < -0.3 is 42.3 Å². The van der Waals surface area contributed by atoms with E-state index >= 15 is 0 Å². The summed E-state index contributed by atoms with van der Waals surface area (Å²) in [5.41, 5.74) is -0.0281. The Hall–Kier alpha value is -3.95. The number of ether oxygens (including phenoxy) is 8. The minimum atomic E-state index is -0.423. The van der Waals surface area contributed by atoms with Crippen molar-refractivity contribution in [2.45, 2.75) is 0 Å². The third kappa shape index (κ3) is 3.67. The lowest BCUT2D eigenvalue weighted by molar-refractivity contribution is 0.306. The molecule has 0 unspecified atom stereocenters. The zero-order valence-corrected chi connectivity index (χ0v) is 19.7. The molecular weight excluding hydrogens is 436 g/mol. The zero-order valence-electron chi connectivity index (χ0n) is 19.7. The molecule has 3 aromatic rings. The molecule has 10 heteroatoms. The number of rotatable bonds is 9. The van der Waals surface area contributed by atoms with Gasteiger partial charge in [0.15, 0.2) is 39.8 Å². The molecule has 0 radical (unpaired) electrons. The Labute approximate surface area is 190 Å². The molecule has 33 heavy (non-hydrogen) atoms. The largest absolute Gasteiger partial charge is 0.493 e. The van der Waals surface area contributed by atoms with E-state index in [1.54, 1.807) is 6.07 Å². The summed E-state index contributed by atoms with van der Waals surface area (Å²) in [5, 5.41) is 0.114. The Balaban J connectivity index is 2.56. The molecule has 2 aromatic carbocycles. The molecule has 0 saturated heterocycles. The van der Waals surface area contributed by atoms with E-state index in [1.165, 1.54) is 62.9 Å². The molecule has 3 rings (SSSR count). The summed E-state index contributed by atoms with van der Waals surface area (Å²) in [5.74, 6) is 2.08. The second-order valence-electron chi connectivity index (χ2n) is 6.53. The second kappa shape index (κ2) is 9.68. The predicted octanol–water partition coefficient (Wildman–Crippen LogP) is 3.53. The van der Waals surface area contributed by atoms with Crippen LogP contribution in [0.25, 0.3) is 22.3 Å². The van der Waals surface area contributed by atoms with Gasteiger partial charge in [-0.1, -0.05) is 0 Å². The molecule has 1 aromatic heterocycles. The maximum atomic E-state index is 13.4. The van der Waals surface area contributed by atoms with Crippen molar-refractivity contribution in [2.24, 2.45) is 0 Å². The average Bonchev–Trinajstić information content (AvgIpc) is 2.85. The molecule has 0 bridgehead atoms. The van der Waals surface area contributed by atoms with Gasteiger partial charge in [0, 0.05) is 12.1 Å². The van der Waals surface area contributed by atoms with Gasteiger partial charge in [-0.15, -0.1) is 0 Å². The van der Waals surface area contributed by atoms with Gasteiger partial charge in [0.2, 0.25) is 17.2 Å². The van der Waals surface area contributed by atoms with Crippen LogP contribution in [0, 0.1) is 0 Å². The highest BCUT2D eigenvalue weighted by Gasteiger charge is 2.30. The van der Waals surface area contributed by atoms with Crippen LogP contribution in [0.15, 0.2) is 21.3 Å². The number of fused-ring (bicyclic) bond motifs is 1. The van der Waals surface area contributed by atoms with Crippen molar-refractivity contribution in [3.63, 3.8) is 0 Å². The number of benzene rings is 2. The van der Waals surface area contributed by atoms with E-state index < -0.39 is 5.43 Å². The second-order valence-corrected chi connectivity index (χ2v) is 6.53. The smallest absolute Gasteiger partial charge is 0.211 e. The van der Waals surface area contributed by atoms with Gasteiger partial charge in [-0.25, -0.2) is 0 Å². The van der Waals surface area contributed by atoms with Gasteiger partial charge in [0.1, 0.15) is 16.7 Å². The molecule has 0 saturated carbocycles. The predicted molar refractivity (Wildman–Crippen MR) is 120 cm³/mol. The van der Waals surface area contributed by atoms with E-state index in [9.17, 15) is 4.79 Å². The quantitative estimate of drug-likeness (QED) is 0.469. The maximum absolute atomic E-state index is 13.4. The molecular formula is C23H26O10. The Morgan fingerprint density at radius 3 is 1.42 bits per heavy atom. The summed E-state index contributed by atoms with van der Waals surface area (Å²) in [6.45, 7) is 0. The lowest BCUT2D eigenvalue weighted by atomic mass is 10.1. The van der Waals surface area contributed by atoms with E-state index in [0.717, 1.165) is 0 Å². The molecule has 0 aliphatic heterocycles. The van der Waals surface area contributed by atoms with Crippen molar-refractivity contribution in [1.82, 2.24) is 0 Å². The molecule has 0 aliphatic carbocycles. The minimum absolute atomic E-state index is 0.0837. The third-order valence-corrected chi connectivity index (χ3v) is 5.07. The summed E-state index contributed by atoms with van der Waals surface area (Å²) >= 11 is 0. The summed E-state index contributed by atoms with van der Waals surface area (Å²) in [6, 6.07) is 2.90. The fourth-order valence-corrected chi connectivity index (χ4v) is 3.70. The van der Waals surface area contributed by atoms with E-state index in [-0.39, 0.29) is 51.2 Å². The Morgan fingerprint density at radius 2 is 1.00 bits per heavy atom. The van der Waals surface area contributed by atoms with Crippen LogP contribution in [0.2, 0.25) is 0 Å². The minimum Gasteiger partial charge on any atom is -0.493 e. The molecule has 0 atom stereocenters. The van der Waals surface area contributed by atoms with E-state index in [1.807, 2.05) is 0 Å².